The molecule has 26 heavy (non-hydrogen) atoms. The largest absolute Gasteiger partial charge is 0.325 e. The Labute approximate surface area is 153 Å². The van der Waals surface area contributed by atoms with Crippen molar-refractivity contribution in [2.24, 2.45) is 0 Å². The summed E-state index contributed by atoms with van der Waals surface area (Å²) in [6.45, 7) is 2.58. The van der Waals surface area contributed by atoms with Crippen LogP contribution in [0, 0.1) is 11.3 Å². The van der Waals surface area contributed by atoms with Crippen molar-refractivity contribution >= 4 is 22.4 Å². The second-order valence-corrected chi connectivity index (χ2v) is 6.45. The fourth-order valence-corrected chi connectivity index (χ4v) is 2.84. The van der Waals surface area contributed by atoms with Gasteiger partial charge in [-0.15, -0.1) is 0 Å². The summed E-state index contributed by atoms with van der Waals surface area (Å²) in [6, 6.07) is 23.3. The van der Waals surface area contributed by atoms with Crippen LogP contribution >= 0.6 is 0 Å². The van der Waals surface area contributed by atoms with Gasteiger partial charge in [0.1, 0.15) is 0 Å². The van der Waals surface area contributed by atoms with Gasteiger partial charge in [0.05, 0.1) is 17.7 Å². The number of carbonyl (C=O) groups excluding carboxylic acids is 1. The highest BCUT2D eigenvalue weighted by molar-refractivity contribution is 5.94. The van der Waals surface area contributed by atoms with Gasteiger partial charge < -0.3 is 5.32 Å². The molecule has 0 heterocycles. The minimum absolute atomic E-state index is 0.0713. The molecule has 130 valence electrons. The molecule has 0 aliphatic carbocycles. The average molecular weight is 343 g/mol. The van der Waals surface area contributed by atoms with Crippen LogP contribution in [0.2, 0.25) is 0 Å². The van der Waals surface area contributed by atoms with Crippen molar-refractivity contribution in [3.05, 3.63) is 77.9 Å². The molecule has 3 aromatic carbocycles. The van der Waals surface area contributed by atoms with Gasteiger partial charge in [-0.1, -0.05) is 36.4 Å². The lowest BCUT2D eigenvalue weighted by Crippen LogP contribution is -2.39. The number of carbonyl (C=O) groups is 1. The molecule has 1 atom stereocenters. The molecule has 0 bridgehead atoms. The van der Waals surface area contributed by atoms with Crippen LogP contribution < -0.4 is 5.32 Å². The molecule has 1 amide bonds. The van der Waals surface area contributed by atoms with Crippen LogP contribution in [0.1, 0.15) is 18.1 Å². The highest BCUT2D eigenvalue weighted by atomic mass is 16.2. The van der Waals surface area contributed by atoms with E-state index in [9.17, 15) is 4.79 Å². The number of nitriles is 1. The minimum atomic E-state index is -0.280. The van der Waals surface area contributed by atoms with Crippen LogP contribution in [0.4, 0.5) is 5.69 Å². The molecule has 0 saturated carbocycles. The molecular weight excluding hydrogens is 322 g/mol. The maximum atomic E-state index is 12.5. The van der Waals surface area contributed by atoms with Crippen molar-refractivity contribution in [1.82, 2.24) is 4.90 Å². The van der Waals surface area contributed by atoms with Gasteiger partial charge in [0.15, 0.2) is 0 Å². The predicted octanol–water partition coefficient (Wildman–Crippen LogP) is 4.17. The lowest BCUT2D eigenvalue weighted by Gasteiger charge is -2.24. The number of nitrogens with one attached hydrogen (secondary N) is 1. The summed E-state index contributed by atoms with van der Waals surface area (Å²) in [7, 11) is 1.94. The number of benzene rings is 3. The van der Waals surface area contributed by atoms with Crippen LogP contribution in [0.5, 0.6) is 0 Å². The van der Waals surface area contributed by atoms with Crippen LogP contribution in [0.15, 0.2) is 66.7 Å². The molecule has 0 spiro atoms. The first-order valence-electron chi connectivity index (χ1n) is 8.56. The molecule has 0 fully saturated rings. The van der Waals surface area contributed by atoms with Gasteiger partial charge in [0.25, 0.3) is 0 Å². The molecule has 0 saturated heterocycles. The molecule has 1 N–H and O–H groups in total. The van der Waals surface area contributed by atoms with E-state index in [0.29, 0.717) is 17.8 Å². The average Bonchev–Trinajstić information content (AvgIpc) is 2.67. The number of anilines is 1. The Morgan fingerprint density at radius 3 is 2.46 bits per heavy atom. The van der Waals surface area contributed by atoms with Gasteiger partial charge >= 0.3 is 0 Å². The Morgan fingerprint density at radius 2 is 1.77 bits per heavy atom. The summed E-state index contributed by atoms with van der Waals surface area (Å²) in [5.74, 6) is -0.0713. The summed E-state index contributed by atoms with van der Waals surface area (Å²) >= 11 is 0. The lowest BCUT2D eigenvalue weighted by atomic mass is 10.1. The highest BCUT2D eigenvalue weighted by Gasteiger charge is 2.18. The number of hydrogen-bond donors (Lipinski definition) is 1. The molecule has 0 radical (unpaired) electrons. The number of rotatable bonds is 5. The summed E-state index contributed by atoms with van der Waals surface area (Å²) in [6.07, 6.45) is 0. The zero-order chi connectivity index (χ0) is 18.5. The maximum absolute atomic E-state index is 12.5. The van der Waals surface area contributed by atoms with E-state index in [4.69, 9.17) is 5.26 Å². The standard InChI is InChI=1S/C22H21N3O/c1-16(22(26)24-21-11-8-17(14-23)9-12-21)25(2)15-18-7-10-19-5-3-4-6-20(19)13-18/h3-13,16H,15H2,1-2H3,(H,24,26)/t16-/m0/s1. The van der Waals surface area contributed by atoms with E-state index < -0.39 is 0 Å². The molecule has 3 aromatic rings. The number of fused-ring (bicyclic) bond motifs is 1. The van der Waals surface area contributed by atoms with E-state index in [1.165, 1.54) is 16.3 Å². The van der Waals surface area contributed by atoms with E-state index in [0.717, 1.165) is 0 Å². The third-order valence-corrected chi connectivity index (χ3v) is 4.57. The zero-order valence-electron chi connectivity index (χ0n) is 14.9. The summed E-state index contributed by atoms with van der Waals surface area (Å²) in [4.78, 5) is 14.5. The normalized spacial score (nSPS) is 11.9. The third kappa shape index (κ3) is 4.08. The molecule has 0 aliphatic heterocycles. The number of likely N-dealkylation sites (N-methyl/N-ethyl adjacent to an activating group) is 1. The van der Waals surface area contributed by atoms with E-state index in [2.05, 4.69) is 41.7 Å². The Bertz CT molecular complexity index is 957. The summed E-state index contributed by atoms with van der Waals surface area (Å²) in [5, 5.41) is 14.1. The third-order valence-electron chi connectivity index (χ3n) is 4.57. The maximum Gasteiger partial charge on any atom is 0.241 e. The van der Waals surface area contributed by atoms with Crippen LogP contribution in [-0.2, 0) is 11.3 Å². The predicted molar refractivity (Wildman–Crippen MR) is 105 cm³/mol. The topological polar surface area (TPSA) is 56.1 Å². The monoisotopic (exact) mass is 343 g/mol. The van der Waals surface area contributed by atoms with Gasteiger partial charge in [-0.3, -0.25) is 9.69 Å². The quantitative estimate of drug-likeness (QED) is 0.756. The van der Waals surface area contributed by atoms with Crippen molar-refractivity contribution in [1.29, 1.82) is 5.26 Å². The molecule has 4 heteroatoms. The van der Waals surface area contributed by atoms with E-state index >= 15 is 0 Å². The van der Waals surface area contributed by atoms with E-state index in [1.54, 1.807) is 24.3 Å². The molecule has 4 nitrogen and oxygen atoms in total. The van der Waals surface area contributed by atoms with E-state index in [1.807, 2.05) is 31.0 Å². The zero-order valence-corrected chi connectivity index (χ0v) is 14.9. The number of nitrogens with zero attached hydrogens (tertiary/aromatic N) is 2. The second-order valence-electron chi connectivity index (χ2n) is 6.45. The van der Waals surface area contributed by atoms with Crippen molar-refractivity contribution in [3.8, 4) is 6.07 Å². The van der Waals surface area contributed by atoms with Gasteiger partial charge in [-0.2, -0.15) is 5.26 Å². The van der Waals surface area contributed by atoms with Crippen LogP contribution in [0.3, 0.4) is 0 Å². The van der Waals surface area contributed by atoms with Crippen LogP contribution in [0.25, 0.3) is 10.8 Å². The van der Waals surface area contributed by atoms with Gasteiger partial charge in [-0.25, -0.2) is 0 Å². The Kier molecular flexibility index (Phi) is 5.31. The molecule has 3 rings (SSSR count). The highest BCUT2D eigenvalue weighted by Crippen LogP contribution is 2.17. The van der Waals surface area contributed by atoms with Crippen molar-refractivity contribution < 1.29 is 4.79 Å². The van der Waals surface area contributed by atoms with Gasteiger partial charge in [-0.05, 0) is 60.6 Å². The first-order chi connectivity index (χ1) is 12.6. The lowest BCUT2D eigenvalue weighted by molar-refractivity contribution is -0.120. The smallest absolute Gasteiger partial charge is 0.241 e. The summed E-state index contributed by atoms with van der Waals surface area (Å²) < 4.78 is 0. The number of amides is 1. The molecule has 0 unspecified atom stereocenters. The van der Waals surface area contributed by atoms with Gasteiger partial charge in [0, 0.05) is 12.2 Å². The SMILES string of the molecule is C[C@@H](C(=O)Nc1ccc(C#N)cc1)N(C)Cc1ccc2ccccc2c1. The van der Waals surface area contributed by atoms with Gasteiger partial charge in [0.2, 0.25) is 5.91 Å². The fraction of sp³-hybridized carbons (Fsp3) is 0.182. The summed E-state index contributed by atoms with van der Waals surface area (Å²) in [5.41, 5.74) is 2.44. The molecule has 0 aliphatic rings. The molecular formula is C22H21N3O. The van der Waals surface area contributed by atoms with Crippen molar-refractivity contribution in [2.45, 2.75) is 19.5 Å². The first-order valence-corrected chi connectivity index (χ1v) is 8.56. The minimum Gasteiger partial charge on any atom is -0.325 e. The Morgan fingerprint density at radius 1 is 1.08 bits per heavy atom. The van der Waals surface area contributed by atoms with Crippen molar-refractivity contribution in [3.63, 3.8) is 0 Å². The second kappa shape index (κ2) is 7.81. The number of hydrogen-bond acceptors (Lipinski definition) is 3. The van der Waals surface area contributed by atoms with Crippen LogP contribution in [-0.4, -0.2) is 23.9 Å². The molecule has 0 aromatic heterocycles. The Balaban J connectivity index is 1.64. The first kappa shape index (κ1) is 17.7. The fourth-order valence-electron chi connectivity index (χ4n) is 2.84. The van der Waals surface area contributed by atoms with Crippen molar-refractivity contribution in [2.75, 3.05) is 12.4 Å². The van der Waals surface area contributed by atoms with E-state index in [-0.39, 0.29) is 11.9 Å². The Hall–Kier alpha value is -3.16.